The van der Waals surface area contributed by atoms with Crippen molar-refractivity contribution in [1.29, 1.82) is 0 Å². The molecule has 3 rings (SSSR count). The smallest absolute Gasteiger partial charge is 0.338 e. The minimum Gasteiger partial charge on any atom is -0.465 e. The quantitative estimate of drug-likeness (QED) is 0.479. The van der Waals surface area contributed by atoms with Crippen molar-refractivity contribution in [3.63, 3.8) is 0 Å². The second-order valence-electron chi connectivity index (χ2n) is 6.06. The summed E-state index contributed by atoms with van der Waals surface area (Å²) >= 11 is 0. The number of fused-ring (bicyclic) bond motifs is 1. The highest BCUT2D eigenvalue weighted by Gasteiger charge is 2.29. The lowest BCUT2D eigenvalue weighted by atomic mass is 9.95. The molecule has 1 aliphatic heterocycles. The second-order valence-corrected chi connectivity index (χ2v) is 6.06. The van der Waals surface area contributed by atoms with Crippen LogP contribution in [-0.4, -0.2) is 30.5 Å². The van der Waals surface area contributed by atoms with Crippen LogP contribution in [0.15, 0.2) is 36.4 Å². The third-order valence-corrected chi connectivity index (χ3v) is 4.63. The van der Waals surface area contributed by atoms with Crippen molar-refractivity contribution in [3.05, 3.63) is 68.8 Å². The Labute approximate surface area is 150 Å². The SMILES string of the molecule is COC(=O)c1cccc2c1CCCN2C(=O)c1cccc([N+](=O)[O-])c1C. The summed E-state index contributed by atoms with van der Waals surface area (Å²) in [6.07, 6.45) is 1.36. The molecule has 7 nitrogen and oxygen atoms in total. The number of carbonyl (C=O) groups excluding carboxylic acids is 2. The first-order valence-corrected chi connectivity index (χ1v) is 8.21. The van der Waals surface area contributed by atoms with Crippen LogP contribution in [-0.2, 0) is 11.2 Å². The van der Waals surface area contributed by atoms with Gasteiger partial charge >= 0.3 is 5.97 Å². The number of anilines is 1. The molecule has 0 saturated heterocycles. The van der Waals surface area contributed by atoms with Crippen LogP contribution in [0, 0.1) is 17.0 Å². The lowest BCUT2D eigenvalue weighted by Crippen LogP contribution is -2.36. The third kappa shape index (κ3) is 2.92. The summed E-state index contributed by atoms with van der Waals surface area (Å²) < 4.78 is 4.83. The number of methoxy groups -OCH3 is 1. The molecule has 134 valence electrons. The van der Waals surface area contributed by atoms with Crippen molar-refractivity contribution < 1.29 is 19.2 Å². The number of nitrogens with zero attached hydrogens (tertiary/aromatic N) is 2. The summed E-state index contributed by atoms with van der Waals surface area (Å²) in [5.41, 5.74) is 2.39. The number of esters is 1. The van der Waals surface area contributed by atoms with Crippen molar-refractivity contribution in [2.75, 3.05) is 18.6 Å². The molecule has 26 heavy (non-hydrogen) atoms. The second kappa shape index (κ2) is 6.95. The van der Waals surface area contributed by atoms with E-state index in [9.17, 15) is 19.7 Å². The maximum absolute atomic E-state index is 13.1. The molecule has 7 heteroatoms. The predicted octanol–water partition coefficient (Wildman–Crippen LogP) is 3.28. The molecule has 0 N–H and O–H groups in total. The molecule has 0 aliphatic carbocycles. The van der Waals surface area contributed by atoms with Gasteiger partial charge in [0.1, 0.15) is 0 Å². The topological polar surface area (TPSA) is 89.8 Å². The number of carbonyl (C=O) groups is 2. The van der Waals surface area contributed by atoms with Gasteiger partial charge in [0, 0.05) is 29.4 Å². The Morgan fingerprint density at radius 1 is 1.15 bits per heavy atom. The lowest BCUT2D eigenvalue weighted by Gasteiger charge is -2.31. The first-order chi connectivity index (χ1) is 12.5. The van der Waals surface area contributed by atoms with Gasteiger partial charge in [-0.2, -0.15) is 0 Å². The maximum atomic E-state index is 13.1. The van der Waals surface area contributed by atoms with E-state index in [1.807, 2.05) is 0 Å². The van der Waals surface area contributed by atoms with Crippen molar-refractivity contribution in [1.82, 2.24) is 0 Å². The van der Waals surface area contributed by atoms with Crippen molar-refractivity contribution in [3.8, 4) is 0 Å². The van der Waals surface area contributed by atoms with Gasteiger partial charge < -0.3 is 9.64 Å². The maximum Gasteiger partial charge on any atom is 0.338 e. The van der Waals surface area contributed by atoms with Crippen LogP contribution in [0.2, 0.25) is 0 Å². The summed E-state index contributed by atoms with van der Waals surface area (Å²) in [4.78, 5) is 37.3. The molecule has 1 aliphatic rings. The predicted molar refractivity (Wildman–Crippen MR) is 95.6 cm³/mol. The van der Waals surface area contributed by atoms with E-state index >= 15 is 0 Å². The van der Waals surface area contributed by atoms with Gasteiger partial charge in [-0.25, -0.2) is 4.79 Å². The van der Waals surface area contributed by atoms with E-state index in [0.29, 0.717) is 36.2 Å². The van der Waals surface area contributed by atoms with Gasteiger partial charge in [0.25, 0.3) is 11.6 Å². The van der Waals surface area contributed by atoms with Crippen LogP contribution in [0.5, 0.6) is 0 Å². The van der Waals surface area contributed by atoms with Crippen LogP contribution >= 0.6 is 0 Å². The Kier molecular flexibility index (Phi) is 4.71. The summed E-state index contributed by atoms with van der Waals surface area (Å²) in [7, 11) is 1.32. The van der Waals surface area contributed by atoms with Gasteiger partial charge in [0.2, 0.25) is 0 Å². The number of hydrogen-bond acceptors (Lipinski definition) is 5. The number of ether oxygens (including phenoxy) is 1. The first-order valence-electron chi connectivity index (χ1n) is 8.21. The fourth-order valence-electron chi connectivity index (χ4n) is 3.34. The Morgan fingerprint density at radius 2 is 1.85 bits per heavy atom. The van der Waals surface area contributed by atoms with Gasteiger partial charge in [0.05, 0.1) is 17.6 Å². The highest BCUT2D eigenvalue weighted by atomic mass is 16.6. The van der Waals surface area contributed by atoms with E-state index in [1.165, 1.54) is 19.2 Å². The molecular weight excluding hydrogens is 336 g/mol. The van der Waals surface area contributed by atoms with Crippen LogP contribution < -0.4 is 4.90 Å². The zero-order valence-corrected chi connectivity index (χ0v) is 14.5. The van der Waals surface area contributed by atoms with Gasteiger partial charge in [-0.05, 0) is 43.5 Å². The molecule has 0 saturated carbocycles. The highest BCUT2D eigenvalue weighted by Crippen LogP contribution is 2.32. The van der Waals surface area contributed by atoms with Crippen LogP contribution in [0.3, 0.4) is 0 Å². The normalized spacial score (nSPS) is 13.1. The summed E-state index contributed by atoms with van der Waals surface area (Å²) in [6, 6.07) is 9.64. The van der Waals surface area contributed by atoms with Gasteiger partial charge in [-0.3, -0.25) is 14.9 Å². The molecule has 0 unspecified atom stereocenters. The monoisotopic (exact) mass is 354 g/mol. The van der Waals surface area contributed by atoms with E-state index < -0.39 is 10.9 Å². The number of hydrogen-bond donors (Lipinski definition) is 0. The van der Waals surface area contributed by atoms with Gasteiger partial charge in [-0.1, -0.05) is 12.1 Å². The zero-order chi connectivity index (χ0) is 18.8. The van der Waals surface area contributed by atoms with Crippen molar-refractivity contribution in [2.24, 2.45) is 0 Å². The zero-order valence-electron chi connectivity index (χ0n) is 14.5. The van der Waals surface area contributed by atoms with E-state index in [0.717, 1.165) is 5.56 Å². The summed E-state index contributed by atoms with van der Waals surface area (Å²) in [5.74, 6) is -0.753. The molecule has 1 heterocycles. The summed E-state index contributed by atoms with van der Waals surface area (Å²) in [6.45, 7) is 2.06. The number of nitro groups is 1. The van der Waals surface area contributed by atoms with Crippen LogP contribution in [0.25, 0.3) is 0 Å². The molecule has 1 amide bonds. The summed E-state index contributed by atoms with van der Waals surface area (Å²) in [5, 5.41) is 11.2. The third-order valence-electron chi connectivity index (χ3n) is 4.63. The molecule has 0 radical (unpaired) electrons. The Bertz CT molecular complexity index is 907. The Morgan fingerprint density at radius 3 is 2.54 bits per heavy atom. The van der Waals surface area contributed by atoms with Gasteiger partial charge in [-0.15, -0.1) is 0 Å². The number of nitro benzene ring substituents is 1. The average Bonchev–Trinajstić information content (AvgIpc) is 2.65. The number of benzene rings is 2. The van der Waals surface area contributed by atoms with Crippen molar-refractivity contribution in [2.45, 2.75) is 19.8 Å². The molecule has 0 bridgehead atoms. The van der Waals surface area contributed by atoms with Crippen LogP contribution in [0.4, 0.5) is 11.4 Å². The van der Waals surface area contributed by atoms with E-state index in [4.69, 9.17) is 4.74 Å². The lowest BCUT2D eigenvalue weighted by molar-refractivity contribution is -0.385. The molecular formula is C19H18N2O5. The Hall–Kier alpha value is -3.22. The van der Waals surface area contributed by atoms with Crippen LogP contribution in [0.1, 0.15) is 38.3 Å². The molecule has 2 aromatic rings. The van der Waals surface area contributed by atoms with Gasteiger partial charge in [0.15, 0.2) is 0 Å². The van der Waals surface area contributed by atoms with E-state index in [-0.39, 0.29) is 17.2 Å². The largest absolute Gasteiger partial charge is 0.465 e. The Balaban J connectivity index is 2.06. The molecule has 0 atom stereocenters. The molecule has 2 aromatic carbocycles. The molecule has 0 spiro atoms. The minimum absolute atomic E-state index is 0.0867. The minimum atomic E-state index is -0.494. The molecule has 0 aromatic heterocycles. The standard InChI is InChI=1S/C19H18N2O5/c1-12-13(6-3-9-16(12)21(24)25)18(22)20-11-5-8-14-15(19(23)26-2)7-4-10-17(14)20/h3-4,6-7,9-10H,5,8,11H2,1-2H3. The first kappa shape index (κ1) is 17.6. The number of rotatable bonds is 3. The van der Waals surface area contributed by atoms with E-state index in [1.54, 1.807) is 36.1 Å². The van der Waals surface area contributed by atoms with E-state index in [2.05, 4.69) is 0 Å². The fourth-order valence-corrected chi connectivity index (χ4v) is 3.34. The number of amides is 1. The molecule has 0 fully saturated rings. The highest BCUT2D eigenvalue weighted by molar-refractivity contribution is 6.09. The fraction of sp³-hybridized carbons (Fsp3) is 0.263. The average molecular weight is 354 g/mol. The van der Waals surface area contributed by atoms with Crippen molar-refractivity contribution >= 4 is 23.3 Å².